The van der Waals surface area contributed by atoms with Crippen LogP contribution in [0.25, 0.3) is 0 Å². The van der Waals surface area contributed by atoms with Crippen LogP contribution in [-0.4, -0.2) is 49.8 Å². The summed E-state index contributed by atoms with van der Waals surface area (Å²) in [4.78, 5) is 14.8. The van der Waals surface area contributed by atoms with Gasteiger partial charge in [0, 0.05) is 31.7 Å². The summed E-state index contributed by atoms with van der Waals surface area (Å²) in [5, 5.41) is 12.5. The van der Waals surface area contributed by atoms with Crippen molar-refractivity contribution < 1.29 is 18.3 Å². The molecule has 1 amide bonds. The summed E-state index contributed by atoms with van der Waals surface area (Å²) in [7, 11) is -3.41. The molecule has 1 saturated heterocycles. The van der Waals surface area contributed by atoms with E-state index in [0.29, 0.717) is 17.8 Å². The second-order valence-corrected chi connectivity index (χ2v) is 9.66. The molecule has 7 nitrogen and oxygen atoms in total. The van der Waals surface area contributed by atoms with Crippen molar-refractivity contribution in [3.8, 4) is 0 Å². The highest BCUT2D eigenvalue weighted by atomic mass is 32.2. The molecule has 8 heteroatoms. The first-order valence-electron chi connectivity index (χ1n) is 10.0. The van der Waals surface area contributed by atoms with Crippen molar-refractivity contribution in [2.45, 2.75) is 39.0 Å². The van der Waals surface area contributed by atoms with Gasteiger partial charge in [-0.2, -0.15) is 0 Å². The van der Waals surface area contributed by atoms with Gasteiger partial charge in [0.2, 0.25) is 10.0 Å². The van der Waals surface area contributed by atoms with E-state index in [1.165, 1.54) is 5.56 Å². The number of carbonyl (C=O) groups excluding carboxylic acids is 1. The molecule has 0 saturated carbocycles. The smallest absolute Gasteiger partial charge is 0.251 e. The number of aliphatic hydroxyl groups is 1. The molecule has 0 atom stereocenters. The van der Waals surface area contributed by atoms with E-state index >= 15 is 0 Å². The maximum atomic E-state index is 12.5. The zero-order valence-electron chi connectivity index (χ0n) is 17.4. The van der Waals surface area contributed by atoms with Gasteiger partial charge in [-0.3, -0.25) is 14.4 Å². The Balaban J connectivity index is 1.55. The number of hydrogen-bond donors (Lipinski definition) is 3. The molecule has 1 fully saturated rings. The molecule has 0 aromatic heterocycles. The summed E-state index contributed by atoms with van der Waals surface area (Å²) < 4.78 is 25.4. The summed E-state index contributed by atoms with van der Waals surface area (Å²) in [5.74, 6) is -0.262. The van der Waals surface area contributed by atoms with Gasteiger partial charge in [-0.25, -0.2) is 8.42 Å². The lowest BCUT2D eigenvalue weighted by Gasteiger charge is -2.29. The molecular weight excluding hydrogens is 402 g/mol. The molecule has 0 aliphatic carbocycles. The molecule has 1 heterocycles. The van der Waals surface area contributed by atoms with Crippen LogP contribution in [-0.2, 0) is 23.1 Å². The lowest BCUT2D eigenvalue weighted by molar-refractivity contribution is 0.0792. The number of aryl methyl sites for hydroxylation is 1. The number of nitrogens with zero attached hydrogens (tertiary/aromatic N) is 1. The van der Waals surface area contributed by atoms with Crippen LogP contribution in [0.5, 0.6) is 0 Å². The number of likely N-dealkylation sites (tertiary alicyclic amines) is 1. The van der Waals surface area contributed by atoms with Crippen LogP contribution >= 0.6 is 0 Å². The molecule has 3 N–H and O–H groups in total. The lowest BCUT2D eigenvalue weighted by atomic mass is 10.1. The van der Waals surface area contributed by atoms with E-state index in [9.17, 15) is 18.3 Å². The molecule has 0 spiro atoms. The normalized spacial score (nSPS) is 15.7. The number of amides is 1. The van der Waals surface area contributed by atoms with Crippen molar-refractivity contribution in [2.75, 3.05) is 24.1 Å². The molecule has 1 aliphatic heterocycles. The Hall–Kier alpha value is -2.42. The van der Waals surface area contributed by atoms with Crippen molar-refractivity contribution in [1.29, 1.82) is 0 Å². The van der Waals surface area contributed by atoms with Gasteiger partial charge in [0.05, 0.1) is 18.0 Å². The molecule has 0 bridgehead atoms. The van der Waals surface area contributed by atoms with Crippen LogP contribution in [0.1, 0.15) is 39.9 Å². The van der Waals surface area contributed by atoms with Crippen LogP contribution in [0.2, 0.25) is 0 Å². The zero-order valence-corrected chi connectivity index (χ0v) is 18.2. The molecule has 1 aliphatic rings. The Bertz CT molecular complexity index is 982. The van der Waals surface area contributed by atoms with Crippen LogP contribution < -0.4 is 10.0 Å². The van der Waals surface area contributed by atoms with E-state index in [2.05, 4.69) is 27.1 Å². The SMILES string of the molecule is Cc1ccc(C(=O)NCc2ccc(CN3CCC(O)CC3)cc2)cc1NS(C)(=O)=O. The van der Waals surface area contributed by atoms with Gasteiger partial charge in [0.1, 0.15) is 0 Å². The van der Waals surface area contributed by atoms with Crippen LogP contribution in [0, 0.1) is 6.92 Å². The van der Waals surface area contributed by atoms with Gasteiger partial charge in [0.15, 0.2) is 0 Å². The Morgan fingerprint density at radius 2 is 1.73 bits per heavy atom. The number of hydrogen-bond acceptors (Lipinski definition) is 5. The number of benzene rings is 2. The molecule has 2 aromatic rings. The van der Waals surface area contributed by atoms with Gasteiger partial charge < -0.3 is 10.4 Å². The highest BCUT2D eigenvalue weighted by Gasteiger charge is 2.17. The van der Waals surface area contributed by atoms with Crippen molar-refractivity contribution >= 4 is 21.6 Å². The average molecular weight is 432 g/mol. The third-order valence-corrected chi connectivity index (χ3v) is 5.83. The third kappa shape index (κ3) is 6.55. The Kier molecular flexibility index (Phi) is 7.12. The first-order valence-corrected chi connectivity index (χ1v) is 11.9. The van der Waals surface area contributed by atoms with Crippen molar-refractivity contribution in [1.82, 2.24) is 10.2 Å². The number of rotatable bonds is 7. The Labute approximate surface area is 178 Å². The molecule has 3 rings (SSSR count). The number of nitrogens with one attached hydrogen (secondary N) is 2. The van der Waals surface area contributed by atoms with Crippen molar-refractivity contribution in [3.05, 3.63) is 64.7 Å². The molecule has 0 unspecified atom stereocenters. The maximum Gasteiger partial charge on any atom is 0.251 e. The van der Waals surface area contributed by atoms with Crippen LogP contribution in [0.3, 0.4) is 0 Å². The minimum Gasteiger partial charge on any atom is -0.393 e. The standard InChI is InChI=1S/C22H29N3O4S/c1-16-3-8-19(13-21(16)24-30(2,28)29)22(27)23-14-17-4-6-18(7-5-17)15-25-11-9-20(26)10-12-25/h3-8,13,20,24,26H,9-12,14-15H2,1-2H3,(H,23,27). The average Bonchev–Trinajstić information content (AvgIpc) is 2.69. The second-order valence-electron chi connectivity index (χ2n) is 7.91. The van der Waals surface area contributed by atoms with E-state index in [1.54, 1.807) is 25.1 Å². The number of aliphatic hydroxyl groups excluding tert-OH is 1. The van der Waals surface area contributed by atoms with Crippen molar-refractivity contribution in [2.24, 2.45) is 0 Å². The van der Waals surface area contributed by atoms with Gasteiger partial charge in [0.25, 0.3) is 5.91 Å². The molecule has 2 aromatic carbocycles. The molecule has 162 valence electrons. The second kappa shape index (κ2) is 9.59. The lowest BCUT2D eigenvalue weighted by Crippen LogP contribution is -2.35. The minimum atomic E-state index is -3.41. The number of piperidine rings is 1. The monoisotopic (exact) mass is 431 g/mol. The van der Waals surface area contributed by atoms with Gasteiger partial charge in [-0.05, 0) is 48.6 Å². The summed E-state index contributed by atoms with van der Waals surface area (Å²) in [6.07, 6.45) is 2.56. The summed E-state index contributed by atoms with van der Waals surface area (Å²) in [6.45, 7) is 4.84. The predicted octanol–water partition coefficient (Wildman–Crippen LogP) is 2.25. The minimum absolute atomic E-state index is 0.168. The highest BCUT2D eigenvalue weighted by molar-refractivity contribution is 7.92. The predicted molar refractivity (Wildman–Crippen MR) is 118 cm³/mol. The zero-order chi connectivity index (χ0) is 21.7. The number of anilines is 1. The van der Waals surface area contributed by atoms with Gasteiger partial charge in [-0.1, -0.05) is 30.3 Å². The molecule has 30 heavy (non-hydrogen) atoms. The third-order valence-electron chi connectivity index (χ3n) is 5.23. The maximum absolute atomic E-state index is 12.5. The Morgan fingerprint density at radius 3 is 2.37 bits per heavy atom. The fraction of sp³-hybridized carbons (Fsp3) is 0.409. The van der Waals surface area contributed by atoms with Crippen LogP contribution in [0.15, 0.2) is 42.5 Å². The molecule has 0 radical (unpaired) electrons. The molecular formula is C22H29N3O4S. The fourth-order valence-corrected chi connectivity index (χ4v) is 4.07. The Morgan fingerprint density at radius 1 is 1.10 bits per heavy atom. The van der Waals surface area contributed by atoms with E-state index in [4.69, 9.17) is 0 Å². The summed E-state index contributed by atoms with van der Waals surface area (Å²) in [5.41, 5.74) is 3.74. The highest BCUT2D eigenvalue weighted by Crippen LogP contribution is 2.18. The van der Waals surface area contributed by atoms with E-state index in [-0.39, 0.29) is 12.0 Å². The van der Waals surface area contributed by atoms with E-state index < -0.39 is 10.0 Å². The number of carbonyl (C=O) groups is 1. The van der Waals surface area contributed by atoms with Crippen LogP contribution in [0.4, 0.5) is 5.69 Å². The van der Waals surface area contributed by atoms with Crippen molar-refractivity contribution in [3.63, 3.8) is 0 Å². The van der Waals surface area contributed by atoms with Gasteiger partial charge >= 0.3 is 0 Å². The largest absolute Gasteiger partial charge is 0.393 e. The van der Waals surface area contributed by atoms with E-state index in [0.717, 1.165) is 49.9 Å². The van der Waals surface area contributed by atoms with Gasteiger partial charge in [-0.15, -0.1) is 0 Å². The topological polar surface area (TPSA) is 98.7 Å². The first-order chi connectivity index (χ1) is 14.2. The van der Waals surface area contributed by atoms with E-state index in [1.807, 2.05) is 12.1 Å². The fourth-order valence-electron chi connectivity index (χ4n) is 3.46. The summed E-state index contributed by atoms with van der Waals surface area (Å²) >= 11 is 0. The first kappa shape index (κ1) is 22.3. The quantitative estimate of drug-likeness (QED) is 0.625. The summed E-state index contributed by atoms with van der Waals surface area (Å²) in [6, 6.07) is 13.1. The number of sulfonamides is 1.